The molecular formula is C76H72BrN9O7. The second-order valence-electron chi connectivity index (χ2n) is 21.7. The second kappa shape index (κ2) is 32.9. The van der Waals surface area contributed by atoms with Crippen LogP contribution in [0.25, 0.3) is 66.9 Å². The fraction of sp³-hybridized carbons (Fsp3) is 0.171. The molecule has 1 unspecified atom stereocenters. The topological polar surface area (TPSA) is 218 Å². The highest BCUT2D eigenvalue weighted by atomic mass is 79.9. The van der Waals surface area contributed by atoms with Crippen LogP contribution in [0.15, 0.2) is 241 Å². The van der Waals surface area contributed by atoms with Gasteiger partial charge < -0.3 is 35.3 Å². The summed E-state index contributed by atoms with van der Waals surface area (Å²) in [7, 11) is 4.71. The van der Waals surface area contributed by atoms with Crippen LogP contribution in [-0.4, -0.2) is 87.4 Å². The molecule has 1 aliphatic heterocycles. The standard InChI is InChI=1S/2C24H21N3O2.C16H11BrN2O2.C8H11N.C4H8O/c1-16(17-9-5-3-6-10-17)27(2)23-22(18-11-7-4-8-12-18)25-20-14-13-19(24(28)29)15-21(20)26-23;1-16(17-9-5-3-6-10-17)25-23-22(18-11-7-4-8-12-18)26-20-14-13-19(24(28)29-2)15-21(20)27-23;1-21-16(20)11-7-8-12-13(9-11)19-15(17)14(18-12)10-5-3-2-4-6-10;1-7(9)8-5-3-2-4-6-8;1-2-4-5-3-1/h3-16H,1-2H3,(H,28,29);3-16H,1-2H3,(H,25,27);2-9H,1H3;2-7H,9H2,1H3;1-4H2/t2*16-;;;/m00.../s1. The molecular weight excluding hydrogens is 1230 g/mol. The largest absolute Gasteiger partial charge is 0.478 e. The van der Waals surface area contributed by atoms with Gasteiger partial charge in [-0.1, -0.05) is 182 Å². The molecule has 9 aromatic carbocycles. The predicted octanol–water partition coefficient (Wildman–Crippen LogP) is 16.8. The number of nitrogens with two attached hydrogens (primary N) is 1. The molecule has 1 saturated heterocycles. The summed E-state index contributed by atoms with van der Waals surface area (Å²) in [6, 6.07) is 75.5. The molecule has 16 nitrogen and oxygen atoms in total. The molecule has 470 valence electrons. The lowest BCUT2D eigenvalue weighted by Gasteiger charge is -2.28. The molecule has 3 atom stereocenters. The zero-order valence-electron chi connectivity index (χ0n) is 52.6. The third-order valence-corrected chi connectivity index (χ3v) is 15.7. The highest BCUT2D eigenvalue weighted by Gasteiger charge is 2.22. The van der Waals surface area contributed by atoms with E-state index in [-0.39, 0.29) is 29.7 Å². The molecule has 3 aromatic heterocycles. The van der Waals surface area contributed by atoms with Gasteiger partial charge in [0.1, 0.15) is 21.7 Å². The lowest BCUT2D eigenvalue weighted by Crippen LogP contribution is -2.23. The molecule has 4 heterocycles. The van der Waals surface area contributed by atoms with Gasteiger partial charge in [0, 0.05) is 43.0 Å². The number of ether oxygens (including phenoxy) is 3. The van der Waals surface area contributed by atoms with Gasteiger partial charge in [-0.05, 0) is 121 Å². The number of esters is 2. The first-order valence-electron chi connectivity index (χ1n) is 30.3. The summed E-state index contributed by atoms with van der Waals surface area (Å²) in [6.07, 6.45) is 2.56. The first-order valence-corrected chi connectivity index (χ1v) is 31.1. The van der Waals surface area contributed by atoms with Gasteiger partial charge in [-0.15, -0.1) is 0 Å². The summed E-state index contributed by atoms with van der Waals surface area (Å²) in [4.78, 5) is 65.3. The lowest BCUT2D eigenvalue weighted by molar-refractivity contribution is 0.0592. The minimum absolute atomic E-state index is 0.0363. The quantitative estimate of drug-likeness (QED) is 0.0914. The molecule has 13 rings (SSSR count). The number of carboxylic acids is 1. The number of hydrogen-bond acceptors (Lipinski definition) is 15. The monoisotopic (exact) mass is 1300 g/mol. The first-order chi connectivity index (χ1) is 45.2. The number of hydrogen-bond donors (Lipinski definition) is 3. The Morgan fingerprint density at radius 1 is 0.484 bits per heavy atom. The molecule has 1 fully saturated rings. The maximum absolute atomic E-state index is 11.9. The zero-order valence-corrected chi connectivity index (χ0v) is 54.1. The van der Waals surface area contributed by atoms with Crippen molar-refractivity contribution in [2.24, 2.45) is 5.73 Å². The van der Waals surface area contributed by atoms with Gasteiger partial charge >= 0.3 is 17.9 Å². The van der Waals surface area contributed by atoms with E-state index in [1.54, 1.807) is 54.6 Å². The summed E-state index contributed by atoms with van der Waals surface area (Å²) < 4.78 is 15.1. The van der Waals surface area contributed by atoms with Gasteiger partial charge in [0.2, 0.25) is 0 Å². The molecule has 4 N–H and O–H groups in total. The van der Waals surface area contributed by atoms with E-state index in [9.17, 15) is 19.5 Å². The fourth-order valence-corrected chi connectivity index (χ4v) is 10.4. The molecule has 12 aromatic rings. The Kier molecular flexibility index (Phi) is 23.7. The van der Waals surface area contributed by atoms with Crippen molar-refractivity contribution in [3.63, 3.8) is 0 Å². The van der Waals surface area contributed by atoms with Gasteiger partial charge in [-0.3, -0.25) is 0 Å². The fourth-order valence-electron chi connectivity index (χ4n) is 9.90. The Morgan fingerprint density at radius 3 is 1.31 bits per heavy atom. The predicted molar refractivity (Wildman–Crippen MR) is 373 cm³/mol. The smallest absolute Gasteiger partial charge is 0.337 e. The van der Waals surface area contributed by atoms with Gasteiger partial charge in [-0.25, -0.2) is 44.3 Å². The highest BCUT2D eigenvalue weighted by Crippen LogP contribution is 2.35. The molecule has 0 bridgehead atoms. The molecule has 0 aliphatic carbocycles. The number of carbonyl (C=O) groups excluding carboxylic acids is 2. The Bertz CT molecular complexity index is 4420. The van der Waals surface area contributed by atoms with Crippen LogP contribution in [0, 0.1) is 0 Å². The number of carboxylic acid groups (broad SMARTS) is 1. The van der Waals surface area contributed by atoms with Gasteiger partial charge in [0.15, 0.2) is 11.6 Å². The zero-order chi connectivity index (χ0) is 65.6. The Labute approximate surface area is 549 Å². The number of nitrogens with one attached hydrogen (secondary N) is 1. The van der Waals surface area contributed by atoms with Crippen molar-refractivity contribution in [3.8, 4) is 33.8 Å². The van der Waals surface area contributed by atoms with Crippen LogP contribution in [0.2, 0.25) is 0 Å². The maximum atomic E-state index is 11.9. The number of methoxy groups -OCH3 is 2. The number of anilines is 2. The van der Waals surface area contributed by atoms with Crippen molar-refractivity contribution in [1.29, 1.82) is 0 Å². The molecule has 1 aliphatic rings. The van der Waals surface area contributed by atoms with E-state index < -0.39 is 11.9 Å². The van der Waals surface area contributed by atoms with Gasteiger partial charge in [0.05, 0.1) is 76.1 Å². The van der Waals surface area contributed by atoms with Crippen LogP contribution in [0.1, 0.15) is 99.5 Å². The normalized spacial score (nSPS) is 12.3. The van der Waals surface area contributed by atoms with Crippen molar-refractivity contribution in [1.82, 2.24) is 29.9 Å². The Hall–Kier alpha value is -10.6. The van der Waals surface area contributed by atoms with E-state index in [2.05, 4.69) is 74.2 Å². The van der Waals surface area contributed by atoms with Crippen molar-refractivity contribution in [2.45, 2.75) is 51.7 Å². The van der Waals surface area contributed by atoms with E-state index in [1.807, 2.05) is 172 Å². The molecule has 0 saturated carbocycles. The van der Waals surface area contributed by atoms with Crippen molar-refractivity contribution < 1.29 is 33.7 Å². The number of aromatic nitrogens is 6. The summed E-state index contributed by atoms with van der Waals surface area (Å²) in [5, 5.41) is 12.8. The van der Waals surface area contributed by atoms with E-state index in [0.717, 1.165) is 69.1 Å². The molecule has 0 spiro atoms. The van der Waals surface area contributed by atoms with Crippen LogP contribution in [0.4, 0.5) is 11.6 Å². The summed E-state index contributed by atoms with van der Waals surface area (Å²) in [5.41, 5.74) is 19.4. The van der Waals surface area contributed by atoms with Crippen LogP contribution < -0.4 is 16.0 Å². The van der Waals surface area contributed by atoms with E-state index >= 15 is 0 Å². The van der Waals surface area contributed by atoms with Crippen molar-refractivity contribution >= 4 is 78.6 Å². The third-order valence-electron chi connectivity index (χ3n) is 15.2. The number of fused-ring (bicyclic) bond motifs is 3. The third kappa shape index (κ3) is 17.9. The SMILES string of the molecule is C1CCOC1.CC(N)c1ccccc1.COC(=O)c1ccc2nc(-c3ccccc3)c(Br)nc2c1.COC(=O)c1ccc2nc(-c3ccccc3)c(N[C@@H](C)c3ccccc3)nc2c1.C[C@@H](c1ccccc1)N(C)c1nc2cc(C(=O)O)ccc2nc1-c1ccccc1. The Morgan fingerprint density at radius 2 is 0.871 bits per heavy atom. The minimum atomic E-state index is -0.978. The number of halogens is 1. The average Bonchev–Trinajstić information content (AvgIpc) is 0.987. The average molecular weight is 1300 g/mol. The molecule has 0 amide bonds. The van der Waals surface area contributed by atoms with Crippen LogP contribution in [-0.2, 0) is 14.2 Å². The summed E-state index contributed by atoms with van der Waals surface area (Å²) in [5.74, 6) is -0.381. The number of nitrogens with zero attached hydrogens (tertiary/aromatic N) is 7. The van der Waals surface area contributed by atoms with E-state index in [0.29, 0.717) is 49.4 Å². The number of rotatable bonds is 13. The lowest BCUT2D eigenvalue weighted by atomic mass is 10.1. The highest BCUT2D eigenvalue weighted by molar-refractivity contribution is 9.10. The number of carbonyl (C=O) groups is 3. The van der Waals surface area contributed by atoms with Crippen LogP contribution in [0.3, 0.4) is 0 Å². The minimum Gasteiger partial charge on any atom is -0.478 e. The van der Waals surface area contributed by atoms with Crippen LogP contribution in [0.5, 0.6) is 0 Å². The number of benzene rings is 9. The van der Waals surface area contributed by atoms with Gasteiger partial charge in [0.25, 0.3) is 0 Å². The molecule has 17 heteroatoms. The van der Waals surface area contributed by atoms with E-state index in [4.69, 9.17) is 39.9 Å². The van der Waals surface area contributed by atoms with Crippen molar-refractivity contribution in [3.05, 3.63) is 275 Å². The first kappa shape index (κ1) is 66.8. The summed E-state index contributed by atoms with van der Waals surface area (Å²) in [6.45, 7) is 8.18. The summed E-state index contributed by atoms with van der Waals surface area (Å²) >= 11 is 3.44. The maximum Gasteiger partial charge on any atom is 0.337 e. The number of aromatic carboxylic acids is 1. The second-order valence-corrected chi connectivity index (χ2v) is 22.4. The molecule has 0 radical (unpaired) electrons. The van der Waals surface area contributed by atoms with Gasteiger partial charge in [-0.2, -0.15) is 0 Å². The van der Waals surface area contributed by atoms with Crippen LogP contribution >= 0.6 is 15.9 Å². The van der Waals surface area contributed by atoms with Crippen molar-refractivity contribution in [2.75, 3.05) is 44.7 Å². The van der Waals surface area contributed by atoms with E-state index in [1.165, 1.54) is 32.6 Å². The Balaban J connectivity index is 0.000000150. The molecule has 93 heavy (non-hydrogen) atoms.